The summed E-state index contributed by atoms with van der Waals surface area (Å²) in [6.45, 7) is 5.10. The number of rotatable bonds is 9. The van der Waals surface area contributed by atoms with Gasteiger partial charge >= 0.3 is 5.97 Å². The Morgan fingerprint density at radius 1 is 1.12 bits per heavy atom. The normalized spacial score (nSPS) is 11.3. The molecule has 0 aliphatic carbocycles. The predicted octanol–water partition coefficient (Wildman–Crippen LogP) is 7.57. The fourth-order valence-corrected chi connectivity index (χ4v) is 5.01. The van der Waals surface area contributed by atoms with Crippen molar-refractivity contribution in [2.24, 2.45) is 0 Å². The highest BCUT2D eigenvalue weighted by Gasteiger charge is 2.20. The van der Waals surface area contributed by atoms with E-state index >= 15 is 0 Å². The highest BCUT2D eigenvalue weighted by Crippen LogP contribution is 2.33. The lowest BCUT2D eigenvalue weighted by Crippen LogP contribution is -2.19. The summed E-state index contributed by atoms with van der Waals surface area (Å²) in [5.74, 6) is -0.461. The average molecular weight is 542 g/mol. The molecule has 0 spiro atoms. The van der Waals surface area contributed by atoms with Crippen LogP contribution in [0.3, 0.4) is 0 Å². The molecule has 4 aromatic rings. The third-order valence-corrected chi connectivity index (χ3v) is 6.99. The van der Waals surface area contributed by atoms with E-state index in [-0.39, 0.29) is 11.6 Å². The highest BCUT2D eigenvalue weighted by molar-refractivity contribution is 9.10. The molecule has 4 rings (SSSR count). The largest absolute Gasteiger partial charge is 0.460 e. The van der Waals surface area contributed by atoms with Crippen molar-refractivity contribution in [2.45, 2.75) is 31.7 Å². The fourth-order valence-electron chi connectivity index (χ4n) is 3.69. The van der Waals surface area contributed by atoms with Crippen molar-refractivity contribution in [2.75, 3.05) is 13.2 Å². The quantitative estimate of drug-likeness (QED) is 0.161. The van der Waals surface area contributed by atoms with Gasteiger partial charge < -0.3 is 9.15 Å². The van der Waals surface area contributed by atoms with E-state index in [1.807, 2.05) is 55.5 Å². The molecule has 0 radical (unpaired) electrons. The number of aryl methyl sites for hydroxylation is 1. The number of ether oxygens (including phenoxy) is 1. The van der Waals surface area contributed by atoms with Crippen LogP contribution in [-0.2, 0) is 17.7 Å². The second-order valence-corrected chi connectivity index (χ2v) is 9.95. The molecule has 0 saturated heterocycles. The fraction of sp³-hybridized carbons (Fsp3) is 0.222. The molecule has 0 saturated carbocycles. The van der Waals surface area contributed by atoms with E-state index in [0.717, 1.165) is 33.3 Å². The minimum absolute atomic E-state index is 0.233. The smallest absolute Gasteiger partial charge is 0.374 e. The zero-order chi connectivity index (χ0) is 24.1. The molecule has 0 aliphatic heterocycles. The standard InChI is InChI=1S/C27H25BrFNO3S/c1-3-32-27(31)26-18(2)23-16-22(11-12-25(23)33-26)34-30(14-13-19-7-5-4-6-8-19)17-20-9-10-21(28)15-24(20)29/h4-12,15-16H,3,13-14,17H2,1-2H3. The molecule has 0 unspecified atom stereocenters. The van der Waals surface area contributed by atoms with Crippen molar-refractivity contribution in [3.63, 3.8) is 0 Å². The molecule has 0 amide bonds. The van der Waals surface area contributed by atoms with Gasteiger partial charge in [-0.15, -0.1) is 0 Å². The minimum Gasteiger partial charge on any atom is -0.460 e. The van der Waals surface area contributed by atoms with E-state index < -0.39 is 5.97 Å². The second-order valence-electron chi connectivity index (χ2n) is 7.86. The first-order valence-corrected chi connectivity index (χ1v) is 12.6. The Bertz CT molecular complexity index is 1290. The molecule has 34 heavy (non-hydrogen) atoms. The molecule has 0 atom stereocenters. The van der Waals surface area contributed by atoms with Crippen molar-refractivity contribution < 1.29 is 18.3 Å². The van der Waals surface area contributed by atoms with Gasteiger partial charge in [0.1, 0.15) is 11.4 Å². The molecule has 3 aromatic carbocycles. The Kier molecular flexibility index (Phi) is 8.08. The molecule has 0 fully saturated rings. The lowest BCUT2D eigenvalue weighted by molar-refractivity contribution is 0.0491. The maximum atomic E-state index is 14.6. The summed E-state index contributed by atoms with van der Waals surface area (Å²) >= 11 is 4.89. The summed E-state index contributed by atoms with van der Waals surface area (Å²) in [5.41, 5.74) is 3.25. The van der Waals surface area contributed by atoms with E-state index in [2.05, 4.69) is 32.4 Å². The van der Waals surface area contributed by atoms with Crippen molar-refractivity contribution in [1.29, 1.82) is 0 Å². The van der Waals surface area contributed by atoms with Gasteiger partial charge in [-0.2, -0.15) is 0 Å². The van der Waals surface area contributed by atoms with E-state index in [0.29, 0.717) is 24.3 Å². The van der Waals surface area contributed by atoms with Crippen LogP contribution in [0.15, 0.2) is 80.5 Å². The molecule has 0 N–H and O–H groups in total. The maximum absolute atomic E-state index is 14.6. The van der Waals surface area contributed by atoms with Gasteiger partial charge in [0.15, 0.2) is 0 Å². The Hall–Kier alpha value is -2.61. The van der Waals surface area contributed by atoms with Crippen LogP contribution in [0.1, 0.15) is 34.2 Å². The van der Waals surface area contributed by atoms with Crippen LogP contribution in [0.4, 0.5) is 4.39 Å². The van der Waals surface area contributed by atoms with Gasteiger partial charge in [-0.25, -0.2) is 13.5 Å². The molecule has 4 nitrogen and oxygen atoms in total. The Balaban J connectivity index is 1.58. The third kappa shape index (κ3) is 5.90. The number of esters is 1. The SMILES string of the molecule is CCOC(=O)c1oc2ccc(SN(CCc3ccccc3)Cc3ccc(Br)cc3F)cc2c1C. The number of nitrogens with zero attached hydrogens (tertiary/aromatic N) is 1. The molecular formula is C27H25BrFNO3S. The van der Waals surface area contributed by atoms with Crippen LogP contribution in [0.2, 0.25) is 0 Å². The minimum atomic E-state index is -0.458. The summed E-state index contributed by atoms with van der Waals surface area (Å²) in [7, 11) is 0. The number of carbonyl (C=O) groups is 1. The topological polar surface area (TPSA) is 42.7 Å². The van der Waals surface area contributed by atoms with Crippen LogP contribution < -0.4 is 0 Å². The highest BCUT2D eigenvalue weighted by atomic mass is 79.9. The monoisotopic (exact) mass is 541 g/mol. The van der Waals surface area contributed by atoms with Gasteiger partial charge in [-0.05, 0) is 68.1 Å². The van der Waals surface area contributed by atoms with Crippen LogP contribution in [-0.4, -0.2) is 23.4 Å². The van der Waals surface area contributed by atoms with Crippen molar-refractivity contribution in [3.05, 3.63) is 99.5 Å². The molecule has 1 heterocycles. The Labute approximate surface area is 211 Å². The van der Waals surface area contributed by atoms with E-state index in [9.17, 15) is 9.18 Å². The number of carbonyl (C=O) groups excluding carboxylic acids is 1. The number of halogens is 2. The van der Waals surface area contributed by atoms with E-state index in [4.69, 9.17) is 9.15 Å². The molecule has 1 aromatic heterocycles. The van der Waals surface area contributed by atoms with Gasteiger partial charge in [0, 0.05) is 39.0 Å². The first kappa shape index (κ1) is 24.5. The van der Waals surface area contributed by atoms with Gasteiger partial charge in [0.25, 0.3) is 0 Å². The molecule has 7 heteroatoms. The van der Waals surface area contributed by atoms with Gasteiger partial charge in [-0.1, -0.05) is 52.3 Å². The average Bonchev–Trinajstić information content (AvgIpc) is 3.16. The predicted molar refractivity (Wildman–Crippen MR) is 137 cm³/mol. The zero-order valence-electron chi connectivity index (χ0n) is 19.0. The lowest BCUT2D eigenvalue weighted by atomic mass is 10.1. The van der Waals surface area contributed by atoms with Gasteiger partial charge in [-0.3, -0.25) is 0 Å². The number of hydrogen-bond donors (Lipinski definition) is 0. The summed E-state index contributed by atoms with van der Waals surface area (Å²) in [4.78, 5) is 13.2. The summed E-state index contributed by atoms with van der Waals surface area (Å²) < 4.78 is 28.3. The first-order valence-electron chi connectivity index (χ1n) is 11.1. The van der Waals surface area contributed by atoms with Crippen molar-refractivity contribution in [3.8, 4) is 0 Å². The van der Waals surface area contributed by atoms with Crippen LogP contribution in [0.25, 0.3) is 11.0 Å². The number of benzene rings is 3. The van der Waals surface area contributed by atoms with Crippen LogP contribution in [0, 0.1) is 12.7 Å². The van der Waals surface area contributed by atoms with Crippen molar-refractivity contribution >= 4 is 44.8 Å². The molecule has 0 bridgehead atoms. The van der Waals surface area contributed by atoms with Crippen LogP contribution in [0.5, 0.6) is 0 Å². The summed E-state index contributed by atoms with van der Waals surface area (Å²) in [6.07, 6.45) is 0.839. The van der Waals surface area contributed by atoms with E-state index in [1.54, 1.807) is 18.9 Å². The Morgan fingerprint density at radius 2 is 1.91 bits per heavy atom. The lowest BCUT2D eigenvalue weighted by Gasteiger charge is -2.22. The number of fused-ring (bicyclic) bond motifs is 1. The summed E-state index contributed by atoms with van der Waals surface area (Å²) in [6, 6.07) is 21.2. The van der Waals surface area contributed by atoms with Crippen molar-refractivity contribution in [1.82, 2.24) is 4.31 Å². The van der Waals surface area contributed by atoms with Gasteiger partial charge in [0.05, 0.1) is 6.61 Å². The molecule has 0 aliphatic rings. The molecular weight excluding hydrogens is 517 g/mol. The number of hydrogen-bond acceptors (Lipinski definition) is 5. The van der Waals surface area contributed by atoms with Crippen LogP contribution >= 0.6 is 27.9 Å². The molecule has 176 valence electrons. The van der Waals surface area contributed by atoms with Gasteiger partial charge in [0.2, 0.25) is 5.76 Å². The Morgan fingerprint density at radius 3 is 2.65 bits per heavy atom. The maximum Gasteiger partial charge on any atom is 0.374 e. The third-order valence-electron chi connectivity index (χ3n) is 5.46. The number of furan rings is 1. The second kappa shape index (κ2) is 11.2. The van der Waals surface area contributed by atoms with E-state index in [1.165, 1.54) is 11.6 Å². The zero-order valence-corrected chi connectivity index (χ0v) is 21.4. The first-order chi connectivity index (χ1) is 16.4. The summed E-state index contributed by atoms with van der Waals surface area (Å²) in [5, 5.41) is 0.867.